The Morgan fingerprint density at radius 1 is 1.35 bits per heavy atom. The summed E-state index contributed by atoms with van der Waals surface area (Å²) in [5, 5.41) is 3.43. The van der Waals surface area contributed by atoms with Gasteiger partial charge in [0, 0.05) is 25.7 Å². The van der Waals surface area contributed by atoms with Gasteiger partial charge >= 0.3 is 0 Å². The van der Waals surface area contributed by atoms with E-state index in [9.17, 15) is 8.42 Å². The number of hydrogen-bond donors (Lipinski definition) is 1. The van der Waals surface area contributed by atoms with Crippen molar-refractivity contribution >= 4 is 9.84 Å². The second kappa shape index (κ2) is 5.65. The Bertz CT molecular complexity index is 331. The third-order valence-corrected chi connectivity index (χ3v) is 5.25. The van der Waals surface area contributed by atoms with Crippen LogP contribution in [0.1, 0.15) is 12.8 Å². The van der Waals surface area contributed by atoms with Crippen LogP contribution in [0.25, 0.3) is 0 Å². The molecule has 5 nitrogen and oxygen atoms in total. The number of hydrogen-bond acceptors (Lipinski definition) is 5. The van der Waals surface area contributed by atoms with E-state index in [-0.39, 0.29) is 6.10 Å². The van der Waals surface area contributed by atoms with Crippen molar-refractivity contribution in [3.63, 3.8) is 0 Å². The zero-order valence-electron chi connectivity index (χ0n) is 10.4. The number of rotatable bonds is 3. The molecule has 0 spiro atoms. The van der Waals surface area contributed by atoms with Crippen LogP contribution in [0.4, 0.5) is 0 Å². The fraction of sp³-hybridized carbons (Fsp3) is 1.00. The first-order chi connectivity index (χ1) is 8.05. The van der Waals surface area contributed by atoms with Crippen molar-refractivity contribution in [2.24, 2.45) is 0 Å². The van der Waals surface area contributed by atoms with Crippen LogP contribution < -0.4 is 5.32 Å². The summed E-state index contributed by atoms with van der Waals surface area (Å²) in [5.41, 5.74) is 0. The van der Waals surface area contributed by atoms with E-state index in [1.54, 1.807) is 0 Å². The molecule has 2 rings (SSSR count). The van der Waals surface area contributed by atoms with Crippen LogP contribution in [-0.2, 0) is 14.6 Å². The molecule has 0 aromatic carbocycles. The Morgan fingerprint density at radius 3 is 2.71 bits per heavy atom. The van der Waals surface area contributed by atoms with Gasteiger partial charge in [0.25, 0.3) is 0 Å². The monoisotopic (exact) mass is 262 g/mol. The van der Waals surface area contributed by atoms with Crippen molar-refractivity contribution in [3.8, 4) is 0 Å². The highest BCUT2D eigenvalue weighted by atomic mass is 32.2. The largest absolute Gasteiger partial charge is 0.374 e. The quantitative estimate of drug-likeness (QED) is 0.742. The van der Waals surface area contributed by atoms with E-state index in [4.69, 9.17) is 4.74 Å². The van der Waals surface area contributed by atoms with E-state index in [0.717, 1.165) is 39.1 Å². The normalized spacial score (nSPS) is 31.5. The average molecular weight is 262 g/mol. The van der Waals surface area contributed by atoms with Gasteiger partial charge in [-0.3, -0.25) is 0 Å². The third-order valence-electron chi connectivity index (χ3n) is 3.53. The van der Waals surface area contributed by atoms with Crippen molar-refractivity contribution < 1.29 is 13.2 Å². The fourth-order valence-corrected chi connectivity index (χ4v) is 3.87. The van der Waals surface area contributed by atoms with E-state index in [0.29, 0.717) is 17.5 Å². The van der Waals surface area contributed by atoms with Gasteiger partial charge in [-0.05, 0) is 19.9 Å². The van der Waals surface area contributed by atoms with Gasteiger partial charge < -0.3 is 15.0 Å². The molecule has 6 heteroatoms. The Kier molecular flexibility index (Phi) is 4.41. The minimum atomic E-state index is -2.75. The van der Waals surface area contributed by atoms with Crippen molar-refractivity contribution in [1.29, 1.82) is 0 Å². The minimum absolute atomic E-state index is 0.243. The van der Waals surface area contributed by atoms with Gasteiger partial charge in [0.15, 0.2) is 0 Å². The zero-order valence-corrected chi connectivity index (χ0v) is 11.2. The van der Waals surface area contributed by atoms with Crippen LogP contribution in [0, 0.1) is 0 Å². The molecule has 0 aromatic heterocycles. The molecule has 2 aliphatic heterocycles. The summed E-state index contributed by atoms with van der Waals surface area (Å²) in [5.74, 6) is 0.659. The highest BCUT2D eigenvalue weighted by Crippen LogP contribution is 2.12. The summed E-state index contributed by atoms with van der Waals surface area (Å²) in [6.45, 7) is 3.58. The Labute approximate surface area is 103 Å². The molecule has 2 aliphatic rings. The molecule has 0 bridgehead atoms. The van der Waals surface area contributed by atoms with Crippen LogP contribution in [0.3, 0.4) is 0 Å². The summed E-state index contributed by atoms with van der Waals surface area (Å²) < 4.78 is 28.2. The maximum absolute atomic E-state index is 11.3. The first-order valence-corrected chi connectivity index (χ1v) is 8.11. The van der Waals surface area contributed by atoms with Crippen molar-refractivity contribution in [1.82, 2.24) is 10.2 Å². The highest BCUT2D eigenvalue weighted by Gasteiger charge is 2.24. The van der Waals surface area contributed by atoms with Gasteiger partial charge in [0.05, 0.1) is 24.2 Å². The number of nitrogens with zero attached hydrogens (tertiary/aromatic N) is 1. The molecule has 1 N–H and O–H groups in total. The second-order valence-electron chi connectivity index (χ2n) is 5.09. The van der Waals surface area contributed by atoms with Gasteiger partial charge in [-0.15, -0.1) is 0 Å². The molecule has 1 atom stereocenters. The maximum Gasteiger partial charge on any atom is 0.150 e. The van der Waals surface area contributed by atoms with E-state index >= 15 is 0 Å². The van der Waals surface area contributed by atoms with Gasteiger partial charge in [-0.25, -0.2) is 8.42 Å². The first kappa shape index (κ1) is 13.3. The van der Waals surface area contributed by atoms with Crippen molar-refractivity contribution in [3.05, 3.63) is 0 Å². The molecule has 100 valence electrons. The molecule has 2 heterocycles. The molecular formula is C11H22N2O3S. The predicted molar refractivity (Wildman–Crippen MR) is 66.9 cm³/mol. The number of likely N-dealkylation sites (N-methyl/N-ethyl adjacent to an activating group) is 1. The number of ether oxygens (including phenoxy) is 1. The molecule has 0 amide bonds. The molecule has 0 saturated carbocycles. The van der Waals surface area contributed by atoms with Gasteiger partial charge in [-0.2, -0.15) is 0 Å². The van der Waals surface area contributed by atoms with E-state index in [1.165, 1.54) is 0 Å². The zero-order chi connectivity index (χ0) is 12.3. The van der Waals surface area contributed by atoms with Crippen molar-refractivity contribution in [2.45, 2.75) is 25.0 Å². The predicted octanol–water partition coefficient (Wildman–Crippen LogP) is -0.516. The Morgan fingerprint density at radius 2 is 2.06 bits per heavy atom. The summed E-state index contributed by atoms with van der Waals surface area (Å²) >= 11 is 0. The van der Waals surface area contributed by atoms with E-state index in [2.05, 4.69) is 17.3 Å². The lowest BCUT2D eigenvalue weighted by Crippen LogP contribution is -2.48. The van der Waals surface area contributed by atoms with Gasteiger partial charge in [-0.1, -0.05) is 0 Å². The van der Waals surface area contributed by atoms with Crippen LogP contribution >= 0.6 is 0 Å². The van der Waals surface area contributed by atoms with Crippen LogP contribution in [0.5, 0.6) is 0 Å². The molecular weight excluding hydrogens is 240 g/mol. The Balaban J connectivity index is 1.68. The summed E-state index contributed by atoms with van der Waals surface area (Å²) in [7, 11) is -0.647. The third kappa shape index (κ3) is 4.21. The molecule has 2 saturated heterocycles. The maximum atomic E-state index is 11.3. The highest BCUT2D eigenvalue weighted by molar-refractivity contribution is 7.91. The first-order valence-electron chi connectivity index (χ1n) is 6.29. The minimum Gasteiger partial charge on any atom is -0.374 e. The smallest absolute Gasteiger partial charge is 0.150 e. The molecule has 17 heavy (non-hydrogen) atoms. The molecule has 0 radical (unpaired) electrons. The Hall–Kier alpha value is -0.170. The summed E-state index contributed by atoms with van der Waals surface area (Å²) in [4.78, 5) is 2.27. The molecule has 0 aliphatic carbocycles. The molecule has 1 unspecified atom stereocenters. The molecule has 2 fully saturated rings. The lowest BCUT2D eigenvalue weighted by molar-refractivity contribution is -0.0193. The number of sulfone groups is 1. The van der Waals surface area contributed by atoms with E-state index in [1.807, 2.05) is 0 Å². The second-order valence-corrected chi connectivity index (χ2v) is 7.39. The standard InChI is InChI=1S/C11H22N2O3S/c1-13-4-5-16-11(9-13)8-12-10-2-6-17(14,15)7-3-10/h10-12H,2-9H2,1H3. The number of nitrogens with one attached hydrogen (secondary N) is 1. The van der Waals surface area contributed by atoms with Crippen LogP contribution in [0.15, 0.2) is 0 Å². The van der Waals surface area contributed by atoms with Gasteiger partial charge in [0.1, 0.15) is 9.84 Å². The fourth-order valence-electron chi connectivity index (χ4n) is 2.38. The summed E-state index contributed by atoms with van der Waals surface area (Å²) in [6, 6.07) is 0.342. The lowest BCUT2D eigenvalue weighted by Gasteiger charge is -2.32. The van der Waals surface area contributed by atoms with Gasteiger partial charge in [0.2, 0.25) is 0 Å². The molecule has 0 aromatic rings. The average Bonchev–Trinajstić information content (AvgIpc) is 2.28. The summed E-state index contributed by atoms with van der Waals surface area (Å²) in [6.07, 6.45) is 1.72. The van der Waals surface area contributed by atoms with Crippen molar-refractivity contribution in [2.75, 3.05) is 44.8 Å². The lowest BCUT2D eigenvalue weighted by atomic mass is 10.1. The van der Waals surface area contributed by atoms with Crippen LogP contribution in [0.2, 0.25) is 0 Å². The van der Waals surface area contributed by atoms with E-state index < -0.39 is 9.84 Å². The topological polar surface area (TPSA) is 58.6 Å². The SMILES string of the molecule is CN1CCOC(CNC2CCS(=O)(=O)CC2)C1. The number of morpholine rings is 1. The van der Waals surface area contributed by atoms with Crippen LogP contribution in [-0.4, -0.2) is 70.3 Å².